The second-order valence-electron chi connectivity index (χ2n) is 5.95. The zero-order chi connectivity index (χ0) is 15.4. The van der Waals surface area contributed by atoms with Gasteiger partial charge < -0.3 is 15.0 Å². The van der Waals surface area contributed by atoms with Crippen LogP contribution in [0.1, 0.15) is 37.7 Å². The average Bonchev–Trinajstić information content (AvgIpc) is 2.73. The van der Waals surface area contributed by atoms with Gasteiger partial charge in [0.2, 0.25) is 5.91 Å². The third-order valence-corrected chi connectivity index (χ3v) is 4.27. The van der Waals surface area contributed by atoms with Crippen LogP contribution in [0, 0.1) is 0 Å². The summed E-state index contributed by atoms with van der Waals surface area (Å²) in [5, 5.41) is 2.90. The number of rotatable bonds is 3. The normalized spacial score (nSPS) is 18.2. The van der Waals surface area contributed by atoms with E-state index >= 15 is 0 Å². The smallest absolute Gasteiger partial charge is 0.260 e. The van der Waals surface area contributed by atoms with E-state index in [1.165, 1.54) is 6.42 Å². The van der Waals surface area contributed by atoms with Crippen molar-refractivity contribution in [1.29, 1.82) is 0 Å². The number of anilines is 1. The molecule has 1 fully saturated rings. The second-order valence-corrected chi connectivity index (χ2v) is 5.95. The number of ether oxygens (including phenoxy) is 1. The van der Waals surface area contributed by atoms with E-state index in [1.807, 2.05) is 23.1 Å². The number of benzene rings is 1. The first kappa shape index (κ1) is 14.9. The summed E-state index contributed by atoms with van der Waals surface area (Å²) in [6.07, 6.45) is 5.63. The number of nitrogens with zero attached hydrogens (tertiary/aromatic N) is 1. The van der Waals surface area contributed by atoms with Crippen LogP contribution in [0.3, 0.4) is 0 Å². The van der Waals surface area contributed by atoms with Crippen molar-refractivity contribution in [3.63, 3.8) is 0 Å². The Morgan fingerprint density at radius 1 is 1.14 bits per heavy atom. The van der Waals surface area contributed by atoms with Gasteiger partial charge in [-0.1, -0.05) is 0 Å². The number of likely N-dealkylation sites (tertiary alicyclic amines) is 1. The monoisotopic (exact) mass is 302 g/mol. The van der Waals surface area contributed by atoms with Crippen LogP contribution in [0.25, 0.3) is 0 Å². The quantitative estimate of drug-likeness (QED) is 0.932. The van der Waals surface area contributed by atoms with Crippen molar-refractivity contribution in [2.24, 2.45) is 0 Å². The second kappa shape index (κ2) is 6.81. The molecule has 1 saturated heterocycles. The third kappa shape index (κ3) is 3.59. The number of piperidine rings is 1. The van der Waals surface area contributed by atoms with Crippen LogP contribution in [0.5, 0.6) is 5.75 Å². The van der Waals surface area contributed by atoms with Gasteiger partial charge in [-0.25, -0.2) is 0 Å². The van der Waals surface area contributed by atoms with Gasteiger partial charge in [0.1, 0.15) is 5.75 Å². The molecule has 0 radical (unpaired) electrons. The molecule has 2 heterocycles. The van der Waals surface area contributed by atoms with E-state index in [2.05, 4.69) is 5.32 Å². The van der Waals surface area contributed by atoms with Crippen LogP contribution < -0.4 is 10.1 Å². The highest BCUT2D eigenvalue weighted by Crippen LogP contribution is 2.26. The minimum Gasteiger partial charge on any atom is -0.484 e. The van der Waals surface area contributed by atoms with Crippen molar-refractivity contribution in [2.45, 2.75) is 38.5 Å². The largest absolute Gasteiger partial charge is 0.484 e. The molecular formula is C17H22N2O3. The Labute approximate surface area is 130 Å². The van der Waals surface area contributed by atoms with Gasteiger partial charge in [-0.2, -0.15) is 0 Å². The molecular weight excluding hydrogens is 280 g/mol. The zero-order valence-electron chi connectivity index (χ0n) is 12.8. The highest BCUT2D eigenvalue weighted by Gasteiger charge is 2.17. The Hall–Kier alpha value is -2.04. The lowest BCUT2D eigenvalue weighted by molar-refractivity contribution is -0.134. The summed E-state index contributed by atoms with van der Waals surface area (Å²) >= 11 is 0. The number of carbonyl (C=O) groups excluding carboxylic acids is 2. The lowest BCUT2D eigenvalue weighted by Gasteiger charge is -2.26. The van der Waals surface area contributed by atoms with Crippen LogP contribution in [0.4, 0.5) is 5.69 Å². The Morgan fingerprint density at radius 3 is 2.77 bits per heavy atom. The van der Waals surface area contributed by atoms with Crippen LogP contribution in [0.15, 0.2) is 18.2 Å². The zero-order valence-corrected chi connectivity index (χ0v) is 12.8. The van der Waals surface area contributed by atoms with Crippen molar-refractivity contribution in [1.82, 2.24) is 4.90 Å². The van der Waals surface area contributed by atoms with Crippen molar-refractivity contribution < 1.29 is 14.3 Å². The Kier molecular flexibility index (Phi) is 4.61. The SMILES string of the molecule is O=C1CCCc2cc(OCC(=O)N3CCCCC3)ccc2N1. The van der Waals surface area contributed by atoms with Crippen molar-refractivity contribution >= 4 is 17.5 Å². The number of amides is 2. The fourth-order valence-corrected chi connectivity index (χ4v) is 3.02. The number of nitrogens with one attached hydrogen (secondary N) is 1. The summed E-state index contributed by atoms with van der Waals surface area (Å²) in [5.41, 5.74) is 1.94. The molecule has 0 atom stereocenters. The summed E-state index contributed by atoms with van der Waals surface area (Å²) in [7, 11) is 0. The van der Waals surface area contributed by atoms with Gasteiger partial charge in [0.15, 0.2) is 6.61 Å². The molecule has 0 aromatic heterocycles. The van der Waals surface area contributed by atoms with Gasteiger partial charge in [-0.3, -0.25) is 9.59 Å². The van der Waals surface area contributed by atoms with Crippen LogP contribution in [0.2, 0.25) is 0 Å². The molecule has 0 aliphatic carbocycles. The Balaban J connectivity index is 1.60. The van der Waals surface area contributed by atoms with Crippen LogP contribution in [-0.2, 0) is 16.0 Å². The van der Waals surface area contributed by atoms with Gasteiger partial charge in [-0.05, 0) is 55.9 Å². The topological polar surface area (TPSA) is 58.6 Å². The molecule has 0 unspecified atom stereocenters. The van der Waals surface area contributed by atoms with E-state index in [4.69, 9.17) is 4.74 Å². The molecule has 1 N–H and O–H groups in total. The van der Waals surface area contributed by atoms with Gasteiger partial charge in [0, 0.05) is 25.2 Å². The fraction of sp³-hybridized carbons (Fsp3) is 0.529. The fourth-order valence-electron chi connectivity index (χ4n) is 3.02. The summed E-state index contributed by atoms with van der Waals surface area (Å²) in [5.74, 6) is 0.816. The van der Waals surface area contributed by atoms with Gasteiger partial charge in [-0.15, -0.1) is 0 Å². The van der Waals surface area contributed by atoms with Gasteiger partial charge in [0.25, 0.3) is 5.91 Å². The molecule has 118 valence electrons. The third-order valence-electron chi connectivity index (χ3n) is 4.27. The number of hydrogen-bond acceptors (Lipinski definition) is 3. The lowest BCUT2D eigenvalue weighted by Crippen LogP contribution is -2.38. The first-order chi connectivity index (χ1) is 10.7. The molecule has 2 aliphatic heterocycles. The van der Waals surface area contributed by atoms with E-state index in [0.29, 0.717) is 12.2 Å². The van der Waals surface area contributed by atoms with E-state index < -0.39 is 0 Å². The van der Waals surface area contributed by atoms with E-state index in [9.17, 15) is 9.59 Å². The highest BCUT2D eigenvalue weighted by atomic mass is 16.5. The average molecular weight is 302 g/mol. The predicted octanol–water partition coefficient (Wildman–Crippen LogP) is 2.35. The molecule has 1 aromatic rings. The molecule has 0 bridgehead atoms. The minimum atomic E-state index is 0.0583. The Bertz CT molecular complexity index is 565. The molecule has 0 saturated carbocycles. The standard InChI is InChI=1S/C17H22N2O3/c20-16-6-4-5-13-11-14(7-8-15(13)18-16)22-12-17(21)19-9-2-1-3-10-19/h7-8,11H,1-6,9-10,12H2,(H,18,20). The summed E-state index contributed by atoms with van der Waals surface area (Å²) in [4.78, 5) is 25.5. The Morgan fingerprint density at radius 2 is 1.95 bits per heavy atom. The first-order valence-corrected chi connectivity index (χ1v) is 8.06. The molecule has 3 rings (SSSR count). The summed E-state index contributed by atoms with van der Waals surface area (Å²) in [6, 6.07) is 5.61. The highest BCUT2D eigenvalue weighted by molar-refractivity contribution is 5.92. The maximum absolute atomic E-state index is 12.1. The van der Waals surface area contributed by atoms with Crippen LogP contribution in [-0.4, -0.2) is 36.4 Å². The number of hydrogen-bond donors (Lipinski definition) is 1. The van der Waals surface area contributed by atoms with Crippen LogP contribution >= 0.6 is 0 Å². The summed E-state index contributed by atoms with van der Waals surface area (Å²) in [6.45, 7) is 1.78. The van der Waals surface area contributed by atoms with E-state index in [0.717, 1.165) is 50.0 Å². The maximum atomic E-state index is 12.1. The molecule has 2 amide bonds. The lowest BCUT2D eigenvalue weighted by atomic mass is 10.1. The van der Waals surface area contributed by atoms with Gasteiger partial charge in [0.05, 0.1) is 0 Å². The minimum absolute atomic E-state index is 0.0583. The molecule has 22 heavy (non-hydrogen) atoms. The first-order valence-electron chi connectivity index (χ1n) is 8.06. The molecule has 0 spiro atoms. The summed E-state index contributed by atoms with van der Waals surface area (Å²) < 4.78 is 5.65. The molecule has 1 aromatic carbocycles. The van der Waals surface area contributed by atoms with E-state index in [-0.39, 0.29) is 18.4 Å². The molecule has 5 heteroatoms. The molecule has 5 nitrogen and oxygen atoms in total. The predicted molar refractivity (Wildman–Crippen MR) is 83.9 cm³/mol. The molecule has 2 aliphatic rings. The number of fused-ring (bicyclic) bond motifs is 1. The number of aryl methyl sites for hydroxylation is 1. The number of carbonyl (C=O) groups is 2. The van der Waals surface area contributed by atoms with Crippen molar-refractivity contribution in [2.75, 3.05) is 25.0 Å². The maximum Gasteiger partial charge on any atom is 0.260 e. The van der Waals surface area contributed by atoms with Crippen molar-refractivity contribution in [3.05, 3.63) is 23.8 Å². The van der Waals surface area contributed by atoms with E-state index in [1.54, 1.807) is 0 Å². The van der Waals surface area contributed by atoms with Crippen molar-refractivity contribution in [3.8, 4) is 5.75 Å². The van der Waals surface area contributed by atoms with Gasteiger partial charge >= 0.3 is 0 Å².